The monoisotopic (exact) mass is 358 g/mol. The van der Waals surface area contributed by atoms with Crippen LogP contribution in [0.2, 0.25) is 0 Å². The lowest BCUT2D eigenvalue weighted by Crippen LogP contribution is -2.59. The molecule has 26 heavy (non-hydrogen) atoms. The zero-order valence-electron chi connectivity index (χ0n) is 15.6. The van der Waals surface area contributed by atoms with Gasteiger partial charge in [-0.05, 0) is 44.3 Å². The third-order valence-electron chi connectivity index (χ3n) is 5.58. The number of rotatable bonds is 6. The van der Waals surface area contributed by atoms with Crippen LogP contribution in [-0.2, 0) is 11.3 Å². The number of urea groups is 1. The van der Waals surface area contributed by atoms with Gasteiger partial charge in [0.1, 0.15) is 5.54 Å². The molecule has 3 rings (SSSR count). The molecule has 2 aliphatic rings. The van der Waals surface area contributed by atoms with Crippen molar-refractivity contribution in [2.75, 3.05) is 26.7 Å². The molecule has 6 nitrogen and oxygen atoms in total. The van der Waals surface area contributed by atoms with Gasteiger partial charge in [0, 0.05) is 19.6 Å². The van der Waals surface area contributed by atoms with E-state index in [9.17, 15) is 9.59 Å². The van der Waals surface area contributed by atoms with Crippen molar-refractivity contribution in [3.05, 3.63) is 35.9 Å². The van der Waals surface area contributed by atoms with Gasteiger partial charge in [-0.2, -0.15) is 0 Å². The average Bonchev–Trinajstić information content (AvgIpc) is 3.31. The predicted octanol–water partition coefficient (Wildman–Crippen LogP) is 1.87. The molecule has 1 aromatic rings. The Labute approximate surface area is 155 Å². The van der Waals surface area contributed by atoms with Crippen LogP contribution in [0.15, 0.2) is 30.3 Å². The lowest BCUT2D eigenvalue weighted by Gasteiger charge is -2.33. The first-order valence-corrected chi connectivity index (χ1v) is 9.67. The third kappa shape index (κ3) is 4.36. The van der Waals surface area contributed by atoms with E-state index in [1.54, 1.807) is 0 Å². The van der Waals surface area contributed by atoms with Crippen molar-refractivity contribution in [3.63, 3.8) is 0 Å². The molecule has 0 radical (unpaired) electrons. The van der Waals surface area contributed by atoms with Crippen molar-refractivity contribution >= 4 is 11.9 Å². The van der Waals surface area contributed by atoms with Crippen molar-refractivity contribution in [1.29, 1.82) is 0 Å². The van der Waals surface area contributed by atoms with Crippen molar-refractivity contribution in [3.8, 4) is 0 Å². The maximum absolute atomic E-state index is 13.2. The van der Waals surface area contributed by atoms with Gasteiger partial charge in [-0.1, -0.05) is 43.2 Å². The summed E-state index contributed by atoms with van der Waals surface area (Å²) in [5, 5.41) is 9.12. The quantitative estimate of drug-likeness (QED) is 0.727. The Morgan fingerprint density at radius 1 is 1.19 bits per heavy atom. The molecule has 1 aliphatic heterocycles. The molecular formula is C20H30N4O2. The molecule has 0 aromatic heterocycles. The highest BCUT2D eigenvalue weighted by atomic mass is 16.2. The minimum atomic E-state index is -0.727. The van der Waals surface area contributed by atoms with Crippen LogP contribution in [0.1, 0.15) is 37.7 Å². The fourth-order valence-corrected chi connectivity index (χ4v) is 4.19. The van der Waals surface area contributed by atoms with Gasteiger partial charge in [0.15, 0.2) is 0 Å². The topological polar surface area (TPSA) is 73.5 Å². The summed E-state index contributed by atoms with van der Waals surface area (Å²) in [4.78, 5) is 27.6. The van der Waals surface area contributed by atoms with E-state index in [-0.39, 0.29) is 11.9 Å². The third-order valence-corrected chi connectivity index (χ3v) is 5.58. The fraction of sp³-hybridized carbons (Fsp3) is 0.600. The summed E-state index contributed by atoms with van der Waals surface area (Å²) in [6.45, 7) is 2.97. The fourth-order valence-electron chi connectivity index (χ4n) is 4.19. The molecule has 1 atom stereocenters. The first-order chi connectivity index (χ1) is 12.6. The van der Waals surface area contributed by atoms with Gasteiger partial charge >= 0.3 is 6.03 Å². The van der Waals surface area contributed by atoms with E-state index in [0.29, 0.717) is 12.5 Å². The Morgan fingerprint density at radius 3 is 2.62 bits per heavy atom. The van der Waals surface area contributed by atoms with Gasteiger partial charge < -0.3 is 20.9 Å². The Balaban J connectivity index is 1.58. The van der Waals surface area contributed by atoms with Crippen molar-refractivity contribution in [2.45, 2.75) is 44.2 Å². The summed E-state index contributed by atoms with van der Waals surface area (Å²) >= 11 is 0. The predicted molar refractivity (Wildman–Crippen MR) is 102 cm³/mol. The molecule has 1 saturated carbocycles. The second-order valence-corrected chi connectivity index (χ2v) is 7.55. The van der Waals surface area contributed by atoms with Gasteiger partial charge in [-0.3, -0.25) is 4.79 Å². The number of carbonyl (C=O) groups excluding carboxylic acids is 2. The van der Waals surface area contributed by atoms with E-state index in [4.69, 9.17) is 0 Å². The summed E-state index contributed by atoms with van der Waals surface area (Å²) in [5.74, 6) is 0.609. The maximum Gasteiger partial charge on any atom is 0.315 e. The highest BCUT2D eigenvalue weighted by molar-refractivity contribution is 5.91. The molecule has 1 unspecified atom stereocenters. The normalized spacial score (nSPS) is 21.6. The maximum atomic E-state index is 13.2. The summed E-state index contributed by atoms with van der Waals surface area (Å²) < 4.78 is 0. The smallest absolute Gasteiger partial charge is 0.315 e. The minimum Gasteiger partial charge on any atom is -0.340 e. The highest BCUT2D eigenvalue weighted by Crippen LogP contribution is 2.33. The Hall–Kier alpha value is -2.08. The first-order valence-electron chi connectivity index (χ1n) is 9.67. The van der Waals surface area contributed by atoms with Crippen molar-refractivity contribution in [2.24, 2.45) is 5.92 Å². The molecule has 142 valence electrons. The van der Waals surface area contributed by atoms with Gasteiger partial charge in [0.2, 0.25) is 5.91 Å². The van der Waals surface area contributed by atoms with Gasteiger partial charge in [-0.15, -0.1) is 0 Å². The largest absolute Gasteiger partial charge is 0.340 e. The van der Waals surface area contributed by atoms with Crippen LogP contribution in [0, 0.1) is 5.92 Å². The standard InChI is InChI=1S/C20H30N4O2/c1-21-13-17-9-12-24(15-17)18(25)20(10-5-6-11-20)23-19(26)22-14-16-7-3-2-4-8-16/h2-4,7-8,17,21H,5-6,9-15H2,1H3,(H2,22,23,26). The summed E-state index contributed by atoms with van der Waals surface area (Å²) in [7, 11) is 1.95. The Morgan fingerprint density at radius 2 is 1.92 bits per heavy atom. The number of hydrogen-bond acceptors (Lipinski definition) is 3. The first kappa shape index (κ1) is 18.7. The number of nitrogens with zero attached hydrogens (tertiary/aromatic N) is 1. The SMILES string of the molecule is CNCC1CCN(C(=O)C2(NC(=O)NCc3ccccc3)CCCC2)C1. The van der Waals surface area contributed by atoms with E-state index in [0.717, 1.165) is 57.3 Å². The van der Waals surface area contributed by atoms with Crippen LogP contribution in [0.5, 0.6) is 0 Å². The number of likely N-dealkylation sites (tertiary alicyclic amines) is 1. The minimum absolute atomic E-state index is 0.100. The van der Waals surface area contributed by atoms with E-state index < -0.39 is 5.54 Å². The second kappa shape index (κ2) is 8.54. The van der Waals surface area contributed by atoms with Gasteiger partial charge in [0.05, 0.1) is 0 Å². The average molecular weight is 358 g/mol. The molecular weight excluding hydrogens is 328 g/mol. The van der Waals surface area contributed by atoms with Gasteiger partial charge in [0.25, 0.3) is 0 Å². The van der Waals surface area contributed by atoms with Crippen LogP contribution >= 0.6 is 0 Å². The molecule has 3 amide bonds. The van der Waals surface area contributed by atoms with Gasteiger partial charge in [-0.25, -0.2) is 4.79 Å². The molecule has 1 aromatic carbocycles. The van der Waals surface area contributed by atoms with Crippen LogP contribution in [0.3, 0.4) is 0 Å². The highest BCUT2D eigenvalue weighted by Gasteiger charge is 2.46. The van der Waals surface area contributed by atoms with Crippen molar-refractivity contribution in [1.82, 2.24) is 20.9 Å². The van der Waals surface area contributed by atoms with Crippen LogP contribution in [0.4, 0.5) is 4.79 Å². The van der Waals surface area contributed by atoms with E-state index in [1.807, 2.05) is 42.3 Å². The van der Waals surface area contributed by atoms with Crippen LogP contribution in [0.25, 0.3) is 0 Å². The molecule has 1 heterocycles. The molecule has 1 saturated heterocycles. The number of nitrogens with one attached hydrogen (secondary N) is 3. The number of amides is 3. The molecule has 0 bridgehead atoms. The lowest BCUT2D eigenvalue weighted by atomic mass is 9.95. The van der Waals surface area contributed by atoms with E-state index >= 15 is 0 Å². The molecule has 1 aliphatic carbocycles. The summed E-state index contributed by atoms with van der Waals surface area (Å²) in [6.07, 6.45) is 4.47. The van der Waals surface area contributed by atoms with E-state index in [1.165, 1.54) is 0 Å². The Kier molecular flexibility index (Phi) is 6.14. The number of carbonyl (C=O) groups is 2. The molecule has 6 heteroatoms. The Bertz CT molecular complexity index is 613. The molecule has 3 N–H and O–H groups in total. The summed E-state index contributed by atoms with van der Waals surface area (Å²) in [5.41, 5.74) is 0.318. The van der Waals surface area contributed by atoms with Crippen LogP contribution < -0.4 is 16.0 Å². The second-order valence-electron chi connectivity index (χ2n) is 7.55. The van der Waals surface area contributed by atoms with Crippen LogP contribution in [-0.4, -0.2) is 49.1 Å². The molecule has 2 fully saturated rings. The number of hydrogen-bond donors (Lipinski definition) is 3. The number of benzene rings is 1. The zero-order valence-corrected chi connectivity index (χ0v) is 15.6. The van der Waals surface area contributed by atoms with E-state index in [2.05, 4.69) is 16.0 Å². The zero-order chi connectivity index (χ0) is 18.4. The van der Waals surface area contributed by atoms with Crippen molar-refractivity contribution < 1.29 is 9.59 Å². The summed E-state index contributed by atoms with van der Waals surface area (Å²) in [6, 6.07) is 9.55. The lowest BCUT2D eigenvalue weighted by molar-refractivity contribution is -0.136. The molecule has 0 spiro atoms.